The molecule has 0 saturated carbocycles. The fourth-order valence-electron chi connectivity index (χ4n) is 0.796. The highest BCUT2D eigenvalue weighted by atomic mass is 16.6. The number of rotatable bonds is 2. The Morgan fingerprint density at radius 3 is 2.38 bits per heavy atom. The highest BCUT2D eigenvalue weighted by Gasteiger charge is 2.17. The van der Waals surface area contributed by atoms with Gasteiger partial charge in [0.25, 0.3) is 11.4 Å². The van der Waals surface area contributed by atoms with Gasteiger partial charge in [0.05, 0.1) is 15.9 Å². The van der Waals surface area contributed by atoms with Crippen LogP contribution in [0.1, 0.15) is 5.69 Å². The molecule has 0 unspecified atom stereocenters. The lowest BCUT2D eigenvalue weighted by atomic mass is 10.3. The van der Waals surface area contributed by atoms with Crippen LogP contribution >= 0.6 is 0 Å². The van der Waals surface area contributed by atoms with Crippen LogP contribution in [0, 0.1) is 27.2 Å². The number of nitrogens with zero attached hydrogens (tertiary/aromatic N) is 3. The third-order valence-corrected chi connectivity index (χ3v) is 1.45. The molecule has 0 spiro atoms. The first-order valence-electron chi connectivity index (χ1n) is 3.28. The Morgan fingerprint density at radius 1 is 1.31 bits per heavy atom. The zero-order valence-corrected chi connectivity index (χ0v) is 6.63. The van der Waals surface area contributed by atoms with Gasteiger partial charge in [0, 0.05) is 0 Å². The van der Waals surface area contributed by atoms with Crippen LogP contribution < -0.4 is 0 Å². The number of aryl methyl sites for hydroxylation is 1. The molecular formula is C6H5N3O4. The molecular weight excluding hydrogens is 178 g/mol. The predicted molar refractivity (Wildman–Crippen MR) is 42.3 cm³/mol. The average molecular weight is 183 g/mol. The molecule has 0 aliphatic rings. The molecule has 1 rings (SSSR count). The quantitative estimate of drug-likeness (QED) is 0.506. The second-order valence-corrected chi connectivity index (χ2v) is 2.31. The van der Waals surface area contributed by atoms with Gasteiger partial charge in [-0.15, -0.1) is 0 Å². The number of nitro groups is 2. The van der Waals surface area contributed by atoms with Crippen LogP contribution in [0.5, 0.6) is 0 Å². The normalized spacial score (nSPS) is 9.62. The van der Waals surface area contributed by atoms with Crippen molar-refractivity contribution in [1.82, 2.24) is 4.98 Å². The number of hydrogen-bond donors (Lipinski definition) is 0. The number of pyridine rings is 1. The summed E-state index contributed by atoms with van der Waals surface area (Å²) in [5, 5.41) is 20.6. The molecule has 0 atom stereocenters. The lowest BCUT2D eigenvalue weighted by Crippen LogP contribution is -1.97. The third kappa shape index (κ3) is 1.75. The molecule has 1 heterocycles. The van der Waals surface area contributed by atoms with E-state index in [-0.39, 0.29) is 17.1 Å². The summed E-state index contributed by atoms with van der Waals surface area (Å²) in [6.45, 7) is 1.42. The van der Waals surface area contributed by atoms with Crippen molar-refractivity contribution in [2.24, 2.45) is 0 Å². The topological polar surface area (TPSA) is 99.2 Å². The first-order valence-corrected chi connectivity index (χ1v) is 3.28. The Bertz CT molecular complexity index is 376. The summed E-state index contributed by atoms with van der Waals surface area (Å²) in [7, 11) is 0. The first kappa shape index (κ1) is 9.04. The van der Waals surface area contributed by atoms with Crippen molar-refractivity contribution in [3.63, 3.8) is 0 Å². The summed E-state index contributed by atoms with van der Waals surface area (Å²) >= 11 is 0. The molecule has 0 saturated heterocycles. The fourth-order valence-corrected chi connectivity index (χ4v) is 0.796. The van der Waals surface area contributed by atoms with Crippen molar-refractivity contribution in [2.45, 2.75) is 6.92 Å². The highest BCUT2D eigenvalue weighted by molar-refractivity contribution is 5.43. The Morgan fingerprint density at radius 2 is 1.92 bits per heavy atom. The van der Waals surface area contributed by atoms with Gasteiger partial charge in [-0.1, -0.05) is 0 Å². The Kier molecular flexibility index (Phi) is 2.18. The minimum absolute atomic E-state index is 0.163. The Labute approximate surface area is 72.3 Å². The summed E-state index contributed by atoms with van der Waals surface area (Å²) in [4.78, 5) is 22.7. The third-order valence-electron chi connectivity index (χ3n) is 1.45. The highest BCUT2D eigenvalue weighted by Crippen LogP contribution is 2.20. The van der Waals surface area contributed by atoms with Crippen LogP contribution in [0.2, 0.25) is 0 Å². The van der Waals surface area contributed by atoms with Gasteiger partial charge in [-0.2, -0.15) is 0 Å². The molecule has 7 heteroatoms. The van der Waals surface area contributed by atoms with Gasteiger partial charge in [0.15, 0.2) is 0 Å². The molecule has 0 radical (unpaired) electrons. The van der Waals surface area contributed by atoms with Gasteiger partial charge < -0.3 is 0 Å². The molecule has 0 aromatic carbocycles. The molecule has 7 nitrogen and oxygen atoms in total. The van der Waals surface area contributed by atoms with Gasteiger partial charge in [0.1, 0.15) is 11.9 Å². The molecule has 0 amide bonds. The monoisotopic (exact) mass is 183 g/mol. The molecule has 0 aliphatic heterocycles. The van der Waals surface area contributed by atoms with Crippen LogP contribution in [-0.2, 0) is 0 Å². The van der Waals surface area contributed by atoms with E-state index in [0.717, 1.165) is 12.3 Å². The minimum Gasteiger partial charge on any atom is -0.258 e. The fraction of sp³-hybridized carbons (Fsp3) is 0.167. The van der Waals surface area contributed by atoms with Gasteiger partial charge in [-0.3, -0.25) is 20.2 Å². The molecule has 1 aromatic heterocycles. The van der Waals surface area contributed by atoms with Crippen LogP contribution in [0.25, 0.3) is 0 Å². The maximum Gasteiger partial charge on any atom is 0.297 e. The zero-order chi connectivity index (χ0) is 10.0. The molecule has 13 heavy (non-hydrogen) atoms. The Hall–Kier alpha value is -2.05. The number of aromatic nitrogens is 1. The van der Waals surface area contributed by atoms with E-state index in [1.165, 1.54) is 6.92 Å². The van der Waals surface area contributed by atoms with Crippen LogP contribution in [0.4, 0.5) is 11.4 Å². The molecule has 0 bridgehead atoms. The molecule has 68 valence electrons. The second kappa shape index (κ2) is 3.13. The smallest absolute Gasteiger partial charge is 0.258 e. The summed E-state index contributed by atoms with van der Waals surface area (Å²) in [5.74, 6) is 0. The standard InChI is InChI=1S/C6H5N3O4/c1-4-6(9(12)13)2-5(3-7-4)8(10)11/h2-3H,1H3. The molecule has 0 fully saturated rings. The van der Waals surface area contributed by atoms with E-state index in [1.54, 1.807) is 0 Å². The van der Waals surface area contributed by atoms with Crippen LogP contribution in [0.3, 0.4) is 0 Å². The molecule has 0 N–H and O–H groups in total. The zero-order valence-electron chi connectivity index (χ0n) is 6.63. The lowest BCUT2D eigenvalue weighted by Gasteiger charge is -1.94. The van der Waals surface area contributed by atoms with Gasteiger partial charge in [-0.25, -0.2) is 4.98 Å². The van der Waals surface area contributed by atoms with Crippen molar-refractivity contribution >= 4 is 11.4 Å². The van der Waals surface area contributed by atoms with Crippen molar-refractivity contribution in [3.8, 4) is 0 Å². The van der Waals surface area contributed by atoms with Crippen molar-refractivity contribution in [2.75, 3.05) is 0 Å². The van der Waals surface area contributed by atoms with E-state index in [1.807, 2.05) is 0 Å². The lowest BCUT2D eigenvalue weighted by molar-refractivity contribution is -0.395. The van der Waals surface area contributed by atoms with E-state index in [4.69, 9.17) is 0 Å². The van der Waals surface area contributed by atoms with Crippen molar-refractivity contribution < 1.29 is 9.85 Å². The van der Waals surface area contributed by atoms with Crippen LogP contribution in [-0.4, -0.2) is 14.8 Å². The SMILES string of the molecule is Cc1ncc([N+](=O)[O-])cc1[N+](=O)[O-]. The first-order chi connectivity index (χ1) is 6.02. The van der Waals surface area contributed by atoms with E-state index in [2.05, 4.69) is 4.98 Å². The average Bonchev–Trinajstić information content (AvgIpc) is 2.04. The predicted octanol–water partition coefficient (Wildman–Crippen LogP) is 1.21. The van der Waals surface area contributed by atoms with E-state index >= 15 is 0 Å². The maximum atomic E-state index is 10.3. The van der Waals surface area contributed by atoms with E-state index in [0.29, 0.717) is 0 Å². The van der Waals surface area contributed by atoms with Gasteiger partial charge in [0.2, 0.25) is 0 Å². The maximum absolute atomic E-state index is 10.3. The minimum atomic E-state index is -0.723. The Balaban J connectivity index is 3.27. The van der Waals surface area contributed by atoms with E-state index in [9.17, 15) is 20.2 Å². The largest absolute Gasteiger partial charge is 0.297 e. The van der Waals surface area contributed by atoms with Crippen LogP contribution in [0.15, 0.2) is 12.3 Å². The summed E-state index contributed by atoms with van der Waals surface area (Å²) < 4.78 is 0. The number of hydrogen-bond acceptors (Lipinski definition) is 5. The van der Waals surface area contributed by atoms with E-state index < -0.39 is 9.85 Å². The van der Waals surface area contributed by atoms with Gasteiger partial charge in [-0.05, 0) is 6.92 Å². The summed E-state index contributed by atoms with van der Waals surface area (Å²) in [5.41, 5.74) is -0.554. The molecule has 0 aliphatic carbocycles. The van der Waals surface area contributed by atoms with Crippen molar-refractivity contribution in [1.29, 1.82) is 0 Å². The summed E-state index contributed by atoms with van der Waals surface area (Å²) in [6, 6.07) is 0.891. The summed E-state index contributed by atoms with van der Waals surface area (Å²) in [6.07, 6.45) is 0.988. The second-order valence-electron chi connectivity index (χ2n) is 2.31. The van der Waals surface area contributed by atoms with Crippen molar-refractivity contribution in [3.05, 3.63) is 38.2 Å². The molecule has 1 aromatic rings. The van der Waals surface area contributed by atoms with Gasteiger partial charge >= 0.3 is 0 Å².